The van der Waals surface area contributed by atoms with E-state index in [1.54, 1.807) is 13.1 Å². The van der Waals surface area contributed by atoms with Crippen LogP contribution in [-0.2, 0) is 4.74 Å². The number of hydrogen-bond donors (Lipinski definition) is 0. The van der Waals surface area contributed by atoms with Crippen LogP contribution in [0, 0.1) is 25.2 Å². The lowest BCUT2D eigenvalue weighted by Crippen LogP contribution is -2.43. The van der Waals surface area contributed by atoms with Gasteiger partial charge in [0.15, 0.2) is 6.10 Å². The highest BCUT2D eigenvalue weighted by molar-refractivity contribution is 5.59. The standard InChI is InChI=1S/C15H17N5O2/c1-9-4-13(12(5-16)6-17-9)20-7-10(2)21-14(8-20)15-19-18-11(3)22-15/h4,6,10,14H,7-8H2,1-3H3/t10-,14-/m1/s1. The van der Waals surface area contributed by atoms with E-state index in [4.69, 9.17) is 9.15 Å². The summed E-state index contributed by atoms with van der Waals surface area (Å²) in [5.74, 6) is 0.985. The van der Waals surface area contributed by atoms with Crippen molar-refractivity contribution in [2.75, 3.05) is 18.0 Å². The number of ether oxygens (including phenoxy) is 1. The van der Waals surface area contributed by atoms with Crippen molar-refractivity contribution in [1.82, 2.24) is 15.2 Å². The number of nitrogens with zero attached hydrogens (tertiary/aromatic N) is 5. The van der Waals surface area contributed by atoms with Gasteiger partial charge in [-0.25, -0.2) is 0 Å². The lowest BCUT2D eigenvalue weighted by Gasteiger charge is -2.37. The Morgan fingerprint density at radius 2 is 2.14 bits per heavy atom. The topological polar surface area (TPSA) is 88.1 Å². The van der Waals surface area contributed by atoms with Crippen molar-refractivity contribution in [3.8, 4) is 6.07 Å². The second kappa shape index (κ2) is 5.73. The molecule has 7 heteroatoms. The van der Waals surface area contributed by atoms with Crippen LogP contribution in [0.2, 0.25) is 0 Å². The van der Waals surface area contributed by atoms with Crippen molar-refractivity contribution in [3.63, 3.8) is 0 Å². The minimum atomic E-state index is -0.301. The normalized spacial score (nSPS) is 21.6. The molecular formula is C15H17N5O2. The number of rotatable bonds is 2. The summed E-state index contributed by atoms with van der Waals surface area (Å²) >= 11 is 0. The van der Waals surface area contributed by atoms with Gasteiger partial charge in [0, 0.05) is 25.4 Å². The van der Waals surface area contributed by atoms with Gasteiger partial charge in [0.2, 0.25) is 11.8 Å². The van der Waals surface area contributed by atoms with E-state index in [0.717, 1.165) is 11.4 Å². The van der Waals surface area contributed by atoms with Gasteiger partial charge in [0.05, 0.1) is 23.9 Å². The number of pyridine rings is 1. The molecule has 0 aliphatic carbocycles. The first-order chi connectivity index (χ1) is 10.6. The molecule has 1 saturated heterocycles. The van der Waals surface area contributed by atoms with Crippen molar-refractivity contribution < 1.29 is 9.15 Å². The molecule has 2 aromatic rings. The van der Waals surface area contributed by atoms with Crippen LogP contribution in [0.25, 0.3) is 0 Å². The number of hydrogen-bond acceptors (Lipinski definition) is 7. The minimum absolute atomic E-state index is 0.00836. The molecule has 3 heterocycles. The maximum absolute atomic E-state index is 9.30. The molecule has 0 N–H and O–H groups in total. The van der Waals surface area contributed by atoms with E-state index in [-0.39, 0.29) is 12.2 Å². The van der Waals surface area contributed by atoms with Crippen LogP contribution in [0.5, 0.6) is 0 Å². The minimum Gasteiger partial charge on any atom is -0.423 e. The predicted octanol–water partition coefficient (Wildman–Crippen LogP) is 1.92. The third kappa shape index (κ3) is 2.78. The van der Waals surface area contributed by atoms with Crippen molar-refractivity contribution in [1.29, 1.82) is 5.26 Å². The van der Waals surface area contributed by atoms with Crippen molar-refractivity contribution in [2.45, 2.75) is 33.0 Å². The average molecular weight is 299 g/mol. The number of morpholine rings is 1. The van der Waals surface area contributed by atoms with Crippen molar-refractivity contribution in [2.24, 2.45) is 0 Å². The number of nitriles is 1. The van der Waals surface area contributed by atoms with Gasteiger partial charge in [-0.1, -0.05) is 0 Å². The fourth-order valence-corrected chi connectivity index (χ4v) is 2.62. The zero-order valence-corrected chi connectivity index (χ0v) is 12.8. The molecule has 1 aliphatic heterocycles. The predicted molar refractivity (Wildman–Crippen MR) is 78.2 cm³/mol. The zero-order chi connectivity index (χ0) is 15.7. The number of aryl methyl sites for hydroxylation is 2. The fourth-order valence-electron chi connectivity index (χ4n) is 2.62. The van der Waals surface area contributed by atoms with Crippen molar-refractivity contribution >= 4 is 5.69 Å². The van der Waals surface area contributed by atoms with E-state index in [1.807, 2.05) is 19.9 Å². The highest BCUT2D eigenvalue weighted by Crippen LogP contribution is 2.30. The van der Waals surface area contributed by atoms with Crippen LogP contribution < -0.4 is 4.90 Å². The summed E-state index contributed by atoms with van der Waals surface area (Å²) in [6.07, 6.45) is 1.30. The van der Waals surface area contributed by atoms with Gasteiger partial charge >= 0.3 is 0 Å². The first kappa shape index (κ1) is 14.5. The van der Waals surface area contributed by atoms with Crippen LogP contribution in [0.15, 0.2) is 16.7 Å². The molecule has 2 atom stereocenters. The van der Waals surface area contributed by atoms with E-state index in [1.165, 1.54) is 0 Å². The molecule has 1 fully saturated rings. The summed E-state index contributed by atoms with van der Waals surface area (Å²) in [6, 6.07) is 4.12. The Hall–Kier alpha value is -2.46. The molecule has 114 valence electrons. The Balaban J connectivity index is 1.91. The molecule has 2 aromatic heterocycles. The molecule has 0 amide bonds. The maximum atomic E-state index is 9.30. The van der Waals surface area contributed by atoms with Crippen LogP contribution >= 0.6 is 0 Å². The first-order valence-electron chi connectivity index (χ1n) is 7.14. The molecular weight excluding hydrogens is 282 g/mol. The molecule has 0 radical (unpaired) electrons. The van der Waals surface area contributed by atoms with E-state index in [2.05, 4.69) is 26.2 Å². The average Bonchev–Trinajstić information content (AvgIpc) is 2.93. The van der Waals surface area contributed by atoms with Crippen LogP contribution in [0.1, 0.15) is 36.1 Å². The van der Waals surface area contributed by atoms with Gasteiger partial charge in [-0.05, 0) is 19.9 Å². The van der Waals surface area contributed by atoms with Gasteiger partial charge in [0.1, 0.15) is 6.07 Å². The number of anilines is 1. The zero-order valence-electron chi connectivity index (χ0n) is 12.8. The second-order valence-electron chi connectivity index (χ2n) is 5.45. The Kier molecular flexibility index (Phi) is 3.77. The summed E-state index contributed by atoms with van der Waals surface area (Å²) in [6.45, 7) is 6.91. The molecule has 22 heavy (non-hydrogen) atoms. The van der Waals surface area contributed by atoms with E-state index < -0.39 is 0 Å². The summed E-state index contributed by atoms with van der Waals surface area (Å²) in [5, 5.41) is 17.2. The lowest BCUT2D eigenvalue weighted by molar-refractivity contribution is -0.0311. The summed E-state index contributed by atoms with van der Waals surface area (Å²) < 4.78 is 11.4. The van der Waals surface area contributed by atoms with Crippen LogP contribution in [0.4, 0.5) is 5.69 Å². The van der Waals surface area contributed by atoms with Gasteiger partial charge in [-0.3, -0.25) is 4.98 Å². The van der Waals surface area contributed by atoms with Crippen LogP contribution in [0.3, 0.4) is 0 Å². The Bertz CT molecular complexity index is 721. The second-order valence-corrected chi connectivity index (χ2v) is 5.45. The van der Waals surface area contributed by atoms with E-state index in [9.17, 15) is 5.26 Å². The van der Waals surface area contributed by atoms with Gasteiger partial charge in [-0.15, -0.1) is 10.2 Å². The summed E-state index contributed by atoms with van der Waals surface area (Å²) in [7, 11) is 0. The molecule has 0 unspecified atom stereocenters. The molecule has 0 saturated carbocycles. The first-order valence-corrected chi connectivity index (χ1v) is 7.14. The van der Waals surface area contributed by atoms with Crippen LogP contribution in [-0.4, -0.2) is 34.4 Å². The van der Waals surface area contributed by atoms with Crippen molar-refractivity contribution in [3.05, 3.63) is 35.3 Å². The number of aromatic nitrogens is 3. The SMILES string of the molecule is Cc1cc(N2C[C@@H](C)O[C@@H](c3nnc(C)o3)C2)c(C#N)cn1. The Morgan fingerprint density at radius 1 is 1.32 bits per heavy atom. The molecule has 7 nitrogen and oxygen atoms in total. The molecule has 0 aromatic carbocycles. The van der Waals surface area contributed by atoms with Gasteiger partial charge < -0.3 is 14.1 Å². The van der Waals surface area contributed by atoms with E-state index >= 15 is 0 Å². The molecule has 3 rings (SSSR count). The third-order valence-electron chi connectivity index (χ3n) is 3.56. The van der Waals surface area contributed by atoms with Gasteiger partial charge in [0.25, 0.3) is 0 Å². The highest BCUT2D eigenvalue weighted by atomic mass is 16.5. The quantitative estimate of drug-likeness (QED) is 0.837. The Labute approximate surface area is 128 Å². The lowest BCUT2D eigenvalue weighted by atomic mass is 10.1. The third-order valence-corrected chi connectivity index (χ3v) is 3.56. The largest absolute Gasteiger partial charge is 0.423 e. The summed E-state index contributed by atoms with van der Waals surface area (Å²) in [5.41, 5.74) is 2.30. The maximum Gasteiger partial charge on any atom is 0.247 e. The smallest absolute Gasteiger partial charge is 0.247 e. The van der Waals surface area contributed by atoms with Gasteiger partial charge in [-0.2, -0.15) is 5.26 Å². The molecule has 0 bridgehead atoms. The monoisotopic (exact) mass is 299 g/mol. The fraction of sp³-hybridized carbons (Fsp3) is 0.467. The summed E-state index contributed by atoms with van der Waals surface area (Å²) in [4.78, 5) is 6.30. The molecule has 0 spiro atoms. The van der Waals surface area contributed by atoms with E-state index in [0.29, 0.717) is 30.4 Å². The Morgan fingerprint density at radius 3 is 2.82 bits per heavy atom. The molecule has 1 aliphatic rings. The highest BCUT2D eigenvalue weighted by Gasteiger charge is 2.31.